The lowest BCUT2D eigenvalue weighted by Crippen LogP contribution is -2.24. The number of benzene rings is 1. The van der Waals surface area contributed by atoms with E-state index in [4.69, 9.17) is 5.26 Å². The van der Waals surface area contributed by atoms with Gasteiger partial charge in [-0.05, 0) is 24.5 Å². The first-order valence-corrected chi connectivity index (χ1v) is 5.60. The monoisotopic (exact) mass is 250 g/mol. The summed E-state index contributed by atoms with van der Waals surface area (Å²) in [5, 5.41) is 11.5. The van der Waals surface area contributed by atoms with E-state index < -0.39 is 17.7 Å². The molecule has 3 nitrogen and oxygen atoms in total. The fraction of sp³-hybridized carbons (Fsp3) is 0.385. The van der Waals surface area contributed by atoms with Crippen molar-refractivity contribution in [3.63, 3.8) is 0 Å². The van der Waals surface area contributed by atoms with Gasteiger partial charge in [-0.1, -0.05) is 19.1 Å². The van der Waals surface area contributed by atoms with Crippen molar-refractivity contribution in [1.29, 1.82) is 5.26 Å². The van der Waals surface area contributed by atoms with E-state index in [2.05, 4.69) is 5.32 Å². The van der Waals surface area contributed by atoms with Crippen molar-refractivity contribution < 1.29 is 13.6 Å². The molecule has 1 aliphatic carbocycles. The molecule has 2 atom stereocenters. The van der Waals surface area contributed by atoms with Gasteiger partial charge in [0.25, 0.3) is 6.43 Å². The smallest absolute Gasteiger partial charge is 0.263 e. The molecule has 94 valence electrons. The fourth-order valence-electron chi connectivity index (χ4n) is 1.94. The number of anilines is 1. The van der Waals surface area contributed by atoms with Crippen LogP contribution in [0.25, 0.3) is 0 Å². The first-order chi connectivity index (χ1) is 8.49. The van der Waals surface area contributed by atoms with Crippen LogP contribution >= 0.6 is 0 Å². The predicted octanol–water partition coefficient (Wildman–Crippen LogP) is 3.11. The van der Waals surface area contributed by atoms with E-state index in [1.54, 1.807) is 0 Å². The minimum Gasteiger partial charge on any atom is -0.325 e. The summed E-state index contributed by atoms with van der Waals surface area (Å²) in [5.74, 6) is -0.398. The van der Waals surface area contributed by atoms with E-state index in [9.17, 15) is 13.6 Å². The Balaban J connectivity index is 2.13. The Hall–Kier alpha value is -1.96. The summed E-state index contributed by atoms with van der Waals surface area (Å²) in [5.41, 5.74) is -0.838. The molecule has 0 unspecified atom stereocenters. The van der Waals surface area contributed by atoms with Crippen molar-refractivity contribution in [3.8, 4) is 6.07 Å². The Labute approximate surface area is 103 Å². The van der Waals surface area contributed by atoms with Gasteiger partial charge in [0.2, 0.25) is 5.91 Å². The third kappa shape index (κ3) is 2.06. The second-order valence-electron chi connectivity index (χ2n) is 4.57. The largest absolute Gasteiger partial charge is 0.325 e. The number of halogens is 2. The highest BCUT2D eigenvalue weighted by Gasteiger charge is 2.58. The first kappa shape index (κ1) is 12.5. The molecular weight excluding hydrogens is 238 g/mol. The third-order valence-corrected chi connectivity index (χ3v) is 3.31. The number of carbonyl (C=O) groups excluding carboxylic acids is 1. The number of carbonyl (C=O) groups is 1. The van der Waals surface area contributed by atoms with Gasteiger partial charge in [0.1, 0.15) is 5.41 Å². The molecule has 0 radical (unpaired) electrons. The van der Waals surface area contributed by atoms with Gasteiger partial charge >= 0.3 is 0 Å². The number of nitrogens with zero attached hydrogens (tertiary/aromatic N) is 1. The van der Waals surface area contributed by atoms with Crippen LogP contribution in [0.4, 0.5) is 14.5 Å². The van der Waals surface area contributed by atoms with Crippen molar-refractivity contribution >= 4 is 11.6 Å². The number of amides is 1. The van der Waals surface area contributed by atoms with Crippen LogP contribution in [0.3, 0.4) is 0 Å². The Morgan fingerprint density at radius 3 is 2.78 bits per heavy atom. The first-order valence-electron chi connectivity index (χ1n) is 5.60. The molecule has 1 fully saturated rings. The molecule has 0 heterocycles. The summed E-state index contributed by atoms with van der Waals surface area (Å²) in [6.07, 6.45) is -2.06. The van der Waals surface area contributed by atoms with Gasteiger partial charge in [0.15, 0.2) is 0 Å². The zero-order valence-electron chi connectivity index (χ0n) is 9.78. The van der Waals surface area contributed by atoms with Crippen LogP contribution in [-0.2, 0) is 4.79 Å². The second-order valence-corrected chi connectivity index (χ2v) is 4.57. The fourth-order valence-corrected chi connectivity index (χ4v) is 1.94. The molecule has 18 heavy (non-hydrogen) atoms. The van der Waals surface area contributed by atoms with E-state index in [1.165, 1.54) is 24.3 Å². The Kier molecular flexibility index (Phi) is 3.04. The van der Waals surface area contributed by atoms with Crippen LogP contribution in [0.15, 0.2) is 24.3 Å². The molecule has 1 aromatic carbocycles. The van der Waals surface area contributed by atoms with Crippen molar-refractivity contribution in [2.75, 3.05) is 5.32 Å². The van der Waals surface area contributed by atoms with Crippen molar-refractivity contribution in [1.82, 2.24) is 0 Å². The third-order valence-electron chi connectivity index (χ3n) is 3.31. The summed E-state index contributed by atoms with van der Waals surface area (Å²) < 4.78 is 25.0. The van der Waals surface area contributed by atoms with Gasteiger partial charge in [-0.2, -0.15) is 5.26 Å². The van der Waals surface area contributed by atoms with Crippen molar-refractivity contribution in [2.24, 2.45) is 11.3 Å². The summed E-state index contributed by atoms with van der Waals surface area (Å²) in [6, 6.07) is 7.49. The van der Waals surface area contributed by atoms with Gasteiger partial charge in [0.05, 0.1) is 6.07 Å². The van der Waals surface area contributed by atoms with Crippen LogP contribution in [0.5, 0.6) is 0 Å². The standard InChI is InChI=1S/C13H12F2N2O/c1-8-6-13(8,7-16)12(18)17-10-4-2-3-9(5-10)11(14)15/h2-5,8,11H,6H2,1H3,(H,17,18)/t8-,13+/m0/s1. The number of nitriles is 1. The number of rotatable bonds is 3. The average Bonchev–Trinajstić information content (AvgIpc) is 3.02. The zero-order chi connectivity index (χ0) is 13.3. The lowest BCUT2D eigenvalue weighted by atomic mass is 10.1. The molecule has 0 bridgehead atoms. The maximum Gasteiger partial charge on any atom is 0.263 e. The van der Waals surface area contributed by atoms with Gasteiger partial charge < -0.3 is 5.32 Å². The van der Waals surface area contributed by atoms with Gasteiger partial charge in [-0.15, -0.1) is 0 Å². The topological polar surface area (TPSA) is 52.9 Å². The SMILES string of the molecule is C[C@H]1C[C@]1(C#N)C(=O)Nc1cccc(C(F)F)c1. The Morgan fingerprint density at radius 2 is 2.28 bits per heavy atom. The highest BCUT2D eigenvalue weighted by Crippen LogP contribution is 2.52. The predicted molar refractivity (Wildman–Crippen MR) is 61.9 cm³/mol. The molecule has 1 amide bonds. The zero-order valence-corrected chi connectivity index (χ0v) is 9.78. The normalized spacial score (nSPS) is 25.6. The molecule has 1 aromatic rings. The summed E-state index contributed by atoms with van der Waals surface area (Å²) in [6.45, 7) is 1.82. The molecule has 1 saturated carbocycles. The number of alkyl halides is 2. The Bertz CT molecular complexity index is 524. The summed E-state index contributed by atoms with van der Waals surface area (Å²) >= 11 is 0. The van der Waals surface area contributed by atoms with Crippen molar-refractivity contribution in [2.45, 2.75) is 19.8 Å². The summed E-state index contributed by atoms with van der Waals surface area (Å²) in [4.78, 5) is 11.9. The Morgan fingerprint density at radius 1 is 1.61 bits per heavy atom. The average molecular weight is 250 g/mol. The maximum absolute atomic E-state index is 12.5. The number of hydrogen-bond donors (Lipinski definition) is 1. The lowest BCUT2D eigenvalue weighted by molar-refractivity contribution is -0.119. The van der Waals surface area contributed by atoms with Crippen LogP contribution in [0.2, 0.25) is 0 Å². The second kappa shape index (κ2) is 4.37. The van der Waals surface area contributed by atoms with E-state index in [-0.39, 0.29) is 11.5 Å². The van der Waals surface area contributed by atoms with E-state index in [0.29, 0.717) is 12.1 Å². The van der Waals surface area contributed by atoms with Gasteiger partial charge in [-0.3, -0.25) is 4.79 Å². The van der Waals surface area contributed by atoms with Crippen LogP contribution in [0.1, 0.15) is 25.3 Å². The molecule has 0 aromatic heterocycles. The van der Waals surface area contributed by atoms with Gasteiger partial charge in [0, 0.05) is 11.3 Å². The van der Waals surface area contributed by atoms with E-state index in [1.807, 2.05) is 13.0 Å². The van der Waals surface area contributed by atoms with Crippen LogP contribution in [0, 0.1) is 22.7 Å². The number of nitrogens with one attached hydrogen (secondary N) is 1. The molecule has 1 N–H and O–H groups in total. The maximum atomic E-state index is 12.5. The quantitative estimate of drug-likeness (QED) is 0.896. The van der Waals surface area contributed by atoms with Crippen LogP contribution in [-0.4, -0.2) is 5.91 Å². The highest BCUT2D eigenvalue weighted by atomic mass is 19.3. The van der Waals surface area contributed by atoms with Crippen LogP contribution < -0.4 is 5.32 Å². The number of hydrogen-bond acceptors (Lipinski definition) is 2. The lowest BCUT2D eigenvalue weighted by Gasteiger charge is -2.10. The van der Waals surface area contributed by atoms with Gasteiger partial charge in [-0.25, -0.2) is 8.78 Å². The molecule has 0 saturated heterocycles. The van der Waals surface area contributed by atoms with E-state index in [0.717, 1.165) is 0 Å². The molecule has 2 rings (SSSR count). The minimum absolute atomic E-state index is 0.0146. The van der Waals surface area contributed by atoms with Crippen molar-refractivity contribution in [3.05, 3.63) is 29.8 Å². The molecule has 0 spiro atoms. The molecule has 0 aliphatic heterocycles. The highest BCUT2D eigenvalue weighted by molar-refractivity contribution is 5.99. The molecule has 5 heteroatoms. The minimum atomic E-state index is -2.58. The van der Waals surface area contributed by atoms with E-state index >= 15 is 0 Å². The summed E-state index contributed by atoms with van der Waals surface area (Å²) in [7, 11) is 0. The molecular formula is C13H12F2N2O. The molecule has 1 aliphatic rings.